The number of hydrogen-bond acceptors (Lipinski definition) is 3. The van der Waals surface area contributed by atoms with Crippen molar-refractivity contribution in [1.82, 2.24) is 0 Å². The van der Waals surface area contributed by atoms with Gasteiger partial charge in [-0.2, -0.15) is 5.26 Å². The molecule has 27 heavy (non-hydrogen) atoms. The lowest BCUT2D eigenvalue weighted by Gasteiger charge is -2.08. The maximum Gasteiger partial charge on any atom is 0.266 e. The van der Waals surface area contributed by atoms with E-state index < -0.39 is 5.91 Å². The molecule has 0 fully saturated rings. The van der Waals surface area contributed by atoms with Gasteiger partial charge < -0.3 is 9.73 Å². The van der Waals surface area contributed by atoms with Gasteiger partial charge in [-0.1, -0.05) is 17.7 Å². The average molecular weight is 360 g/mol. The molecule has 0 unspecified atom stereocenters. The summed E-state index contributed by atoms with van der Waals surface area (Å²) in [7, 11) is 0. The first-order chi connectivity index (χ1) is 13.0. The highest BCUT2D eigenvalue weighted by Gasteiger charge is 2.12. The molecule has 2 aromatic carbocycles. The first kappa shape index (κ1) is 18.2. The van der Waals surface area contributed by atoms with Crippen molar-refractivity contribution in [3.05, 3.63) is 82.9 Å². The van der Waals surface area contributed by atoms with Crippen molar-refractivity contribution in [1.29, 1.82) is 5.26 Å². The number of furan rings is 1. The van der Waals surface area contributed by atoms with Crippen LogP contribution in [0.3, 0.4) is 0 Å². The third kappa shape index (κ3) is 4.31. The summed E-state index contributed by atoms with van der Waals surface area (Å²) < 4.78 is 18.7. The lowest BCUT2D eigenvalue weighted by atomic mass is 10.1. The third-order valence-corrected chi connectivity index (χ3v) is 4.04. The van der Waals surface area contributed by atoms with Crippen LogP contribution in [0.2, 0.25) is 0 Å². The van der Waals surface area contributed by atoms with E-state index in [1.54, 1.807) is 30.3 Å². The minimum atomic E-state index is -0.510. The summed E-state index contributed by atoms with van der Waals surface area (Å²) in [5.41, 5.74) is 3.28. The largest absolute Gasteiger partial charge is 0.457 e. The molecule has 1 amide bonds. The lowest BCUT2D eigenvalue weighted by molar-refractivity contribution is -0.112. The number of halogens is 1. The summed E-state index contributed by atoms with van der Waals surface area (Å²) in [6, 6.07) is 16.8. The van der Waals surface area contributed by atoms with Crippen molar-refractivity contribution in [2.45, 2.75) is 13.8 Å². The normalized spacial score (nSPS) is 11.1. The van der Waals surface area contributed by atoms with E-state index in [0.29, 0.717) is 22.8 Å². The molecule has 0 atom stereocenters. The molecule has 0 spiro atoms. The van der Waals surface area contributed by atoms with Gasteiger partial charge in [-0.15, -0.1) is 0 Å². The summed E-state index contributed by atoms with van der Waals surface area (Å²) in [4.78, 5) is 12.4. The fourth-order valence-electron chi connectivity index (χ4n) is 2.63. The first-order valence-electron chi connectivity index (χ1n) is 8.32. The van der Waals surface area contributed by atoms with Gasteiger partial charge in [0.15, 0.2) is 0 Å². The van der Waals surface area contributed by atoms with Gasteiger partial charge >= 0.3 is 0 Å². The van der Waals surface area contributed by atoms with Crippen molar-refractivity contribution in [2.24, 2.45) is 0 Å². The Bertz CT molecular complexity index is 1060. The Morgan fingerprint density at radius 2 is 1.85 bits per heavy atom. The van der Waals surface area contributed by atoms with E-state index in [9.17, 15) is 14.4 Å². The predicted octanol–water partition coefficient (Wildman–Crippen LogP) is 5.25. The minimum absolute atomic E-state index is 0.0741. The average Bonchev–Trinajstić information content (AvgIpc) is 3.11. The maximum absolute atomic E-state index is 13.0. The molecule has 4 nitrogen and oxygen atoms in total. The number of aryl methyl sites for hydroxylation is 2. The molecule has 5 heteroatoms. The number of carbonyl (C=O) groups is 1. The van der Waals surface area contributed by atoms with Crippen LogP contribution in [0, 0.1) is 31.0 Å². The number of hydrogen-bond donors (Lipinski definition) is 1. The van der Waals surface area contributed by atoms with E-state index in [1.807, 2.05) is 32.0 Å². The Kier molecular flexibility index (Phi) is 5.18. The van der Waals surface area contributed by atoms with E-state index in [-0.39, 0.29) is 11.4 Å². The molecule has 0 radical (unpaired) electrons. The van der Waals surface area contributed by atoms with Gasteiger partial charge in [0.25, 0.3) is 5.91 Å². The second-order valence-electron chi connectivity index (χ2n) is 6.15. The molecule has 1 N–H and O–H groups in total. The van der Waals surface area contributed by atoms with Gasteiger partial charge in [-0.25, -0.2) is 4.39 Å². The molecular weight excluding hydrogens is 343 g/mol. The summed E-state index contributed by atoms with van der Waals surface area (Å²) in [5.74, 6) is 0.0411. The zero-order valence-corrected chi connectivity index (χ0v) is 14.9. The second kappa shape index (κ2) is 7.71. The fraction of sp³-hybridized carbons (Fsp3) is 0.0909. The van der Waals surface area contributed by atoms with E-state index in [2.05, 4.69) is 5.32 Å². The number of anilines is 1. The number of benzene rings is 2. The van der Waals surface area contributed by atoms with Gasteiger partial charge in [0.2, 0.25) is 0 Å². The molecule has 0 aliphatic carbocycles. The zero-order valence-electron chi connectivity index (χ0n) is 14.9. The molecule has 0 aliphatic heterocycles. The van der Waals surface area contributed by atoms with Crippen LogP contribution in [0.4, 0.5) is 10.1 Å². The van der Waals surface area contributed by atoms with Crippen LogP contribution in [0.25, 0.3) is 17.4 Å². The Morgan fingerprint density at radius 1 is 1.11 bits per heavy atom. The van der Waals surface area contributed by atoms with Crippen LogP contribution in [0.5, 0.6) is 0 Å². The van der Waals surface area contributed by atoms with Crippen LogP contribution in [0.1, 0.15) is 16.9 Å². The molecular formula is C22H17FN2O2. The standard InChI is InChI=1S/C22H17FN2O2/c1-14-3-9-20(15(2)11-14)25-22(26)17(13-24)12-19-8-10-21(27-19)16-4-6-18(23)7-5-16/h3-12H,1-2H3,(H,25,26)/b17-12+. The Hall–Kier alpha value is -3.65. The lowest BCUT2D eigenvalue weighted by Crippen LogP contribution is -2.14. The number of nitriles is 1. The van der Waals surface area contributed by atoms with Crippen LogP contribution in [-0.4, -0.2) is 5.91 Å². The number of amides is 1. The van der Waals surface area contributed by atoms with Crippen molar-refractivity contribution < 1.29 is 13.6 Å². The highest BCUT2D eigenvalue weighted by Crippen LogP contribution is 2.24. The minimum Gasteiger partial charge on any atom is -0.457 e. The molecule has 0 aliphatic rings. The highest BCUT2D eigenvalue weighted by atomic mass is 19.1. The molecule has 3 aromatic rings. The molecule has 134 valence electrons. The zero-order chi connectivity index (χ0) is 19.4. The van der Waals surface area contributed by atoms with Gasteiger partial charge in [-0.05, 0) is 61.9 Å². The Morgan fingerprint density at radius 3 is 2.52 bits per heavy atom. The number of rotatable bonds is 4. The van der Waals surface area contributed by atoms with Gasteiger partial charge in [0, 0.05) is 17.3 Å². The topological polar surface area (TPSA) is 66.0 Å². The summed E-state index contributed by atoms with van der Waals surface area (Å²) in [5, 5.41) is 12.1. The fourth-order valence-corrected chi connectivity index (χ4v) is 2.63. The maximum atomic E-state index is 13.0. The van der Waals surface area contributed by atoms with Gasteiger partial charge in [0.1, 0.15) is 29.0 Å². The molecule has 1 aromatic heterocycles. The van der Waals surface area contributed by atoms with Crippen LogP contribution in [-0.2, 0) is 4.79 Å². The van der Waals surface area contributed by atoms with Crippen molar-refractivity contribution in [3.8, 4) is 17.4 Å². The molecule has 1 heterocycles. The molecule has 3 rings (SSSR count). The number of carbonyl (C=O) groups excluding carboxylic acids is 1. The molecule has 0 saturated heterocycles. The number of nitrogens with zero attached hydrogens (tertiary/aromatic N) is 1. The highest BCUT2D eigenvalue weighted by molar-refractivity contribution is 6.09. The SMILES string of the molecule is Cc1ccc(NC(=O)/C(C#N)=C/c2ccc(-c3ccc(F)cc3)o2)c(C)c1. The first-order valence-corrected chi connectivity index (χ1v) is 8.32. The van der Waals surface area contributed by atoms with Crippen LogP contribution < -0.4 is 5.32 Å². The molecule has 0 bridgehead atoms. The van der Waals surface area contributed by atoms with E-state index in [4.69, 9.17) is 4.42 Å². The predicted molar refractivity (Wildman–Crippen MR) is 102 cm³/mol. The molecule has 0 saturated carbocycles. The third-order valence-electron chi connectivity index (χ3n) is 4.04. The van der Waals surface area contributed by atoms with Crippen LogP contribution >= 0.6 is 0 Å². The van der Waals surface area contributed by atoms with Crippen molar-refractivity contribution in [3.63, 3.8) is 0 Å². The second-order valence-corrected chi connectivity index (χ2v) is 6.15. The quantitative estimate of drug-likeness (QED) is 0.510. The summed E-state index contributed by atoms with van der Waals surface area (Å²) >= 11 is 0. The van der Waals surface area contributed by atoms with Gasteiger partial charge in [0.05, 0.1) is 0 Å². The van der Waals surface area contributed by atoms with E-state index in [0.717, 1.165) is 11.1 Å². The van der Waals surface area contributed by atoms with Gasteiger partial charge in [-0.3, -0.25) is 4.79 Å². The monoisotopic (exact) mass is 360 g/mol. The Balaban J connectivity index is 1.81. The van der Waals surface area contributed by atoms with Crippen LogP contribution in [0.15, 0.2) is 64.6 Å². The smallest absolute Gasteiger partial charge is 0.266 e. The Labute approximate surface area is 156 Å². The van der Waals surface area contributed by atoms with E-state index in [1.165, 1.54) is 18.2 Å². The van der Waals surface area contributed by atoms with Crippen molar-refractivity contribution >= 4 is 17.7 Å². The summed E-state index contributed by atoms with van der Waals surface area (Å²) in [6.45, 7) is 3.86. The number of nitrogens with one attached hydrogen (secondary N) is 1. The summed E-state index contributed by atoms with van der Waals surface area (Å²) in [6.07, 6.45) is 1.38. The van der Waals surface area contributed by atoms with Crippen molar-refractivity contribution in [2.75, 3.05) is 5.32 Å². The van der Waals surface area contributed by atoms with E-state index >= 15 is 0 Å².